The summed E-state index contributed by atoms with van der Waals surface area (Å²) in [7, 11) is -3.60. The lowest BCUT2D eigenvalue weighted by Crippen LogP contribution is -2.65. The topological polar surface area (TPSA) is 90.5 Å². The zero-order valence-corrected chi connectivity index (χ0v) is 19.5. The maximum atomic E-state index is 12.3. The molecule has 3 saturated heterocycles. The van der Waals surface area contributed by atoms with Crippen molar-refractivity contribution in [1.82, 2.24) is 20.3 Å². The molecule has 3 N–H and O–H groups in total. The number of thiophene rings is 1. The molecule has 2 bridgehead atoms. The Labute approximate surface area is 189 Å². The minimum absolute atomic E-state index is 0. The van der Waals surface area contributed by atoms with Crippen LogP contribution in [0.25, 0.3) is 0 Å². The summed E-state index contributed by atoms with van der Waals surface area (Å²) in [5.41, 5.74) is 0. The first kappa shape index (κ1) is 24.8. The predicted octanol–water partition coefficient (Wildman–Crippen LogP) is 1.45. The van der Waals surface area contributed by atoms with Gasteiger partial charge in [-0.1, -0.05) is 12.5 Å². The maximum Gasteiger partial charge on any atom is 0.250 e. The van der Waals surface area contributed by atoms with E-state index < -0.39 is 10.0 Å². The number of carbonyl (C=O) groups is 1. The lowest BCUT2D eigenvalue weighted by Gasteiger charge is -2.55. The highest BCUT2D eigenvalue weighted by Crippen LogP contribution is 2.38. The van der Waals surface area contributed by atoms with Gasteiger partial charge in [-0.25, -0.2) is 13.1 Å². The Morgan fingerprint density at radius 2 is 2.03 bits per heavy atom. The van der Waals surface area contributed by atoms with Crippen LogP contribution in [0.1, 0.15) is 25.7 Å². The zero-order chi connectivity index (χ0) is 18.9. The van der Waals surface area contributed by atoms with E-state index in [0.29, 0.717) is 24.5 Å². The molecular formula is C18H30Cl2N4O3S2. The number of halogens is 2. The van der Waals surface area contributed by atoms with Crippen molar-refractivity contribution in [3.63, 3.8) is 0 Å². The molecule has 1 amide bonds. The average molecular weight is 486 g/mol. The van der Waals surface area contributed by atoms with Gasteiger partial charge in [-0.2, -0.15) is 0 Å². The average Bonchev–Trinajstić information content (AvgIpc) is 3.23. The first-order valence-electron chi connectivity index (χ1n) is 9.81. The highest BCUT2D eigenvalue weighted by atomic mass is 35.5. The van der Waals surface area contributed by atoms with Gasteiger partial charge in [-0.3, -0.25) is 9.69 Å². The quantitative estimate of drug-likeness (QED) is 0.568. The minimum Gasteiger partial charge on any atom is -0.353 e. The Morgan fingerprint density at radius 3 is 2.79 bits per heavy atom. The summed E-state index contributed by atoms with van der Waals surface area (Å²) in [6.07, 6.45) is 5.02. The van der Waals surface area contributed by atoms with Gasteiger partial charge in [0.25, 0.3) is 10.0 Å². The van der Waals surface area contributed by atoms with Gasteiger partial charge in [-0.15, -0.1) is 36.2 Å². The molecule has 4 atom stereocenters. The molecule has 4 heterocycles. The molecule has 1 aromatic rings. The number of piperidine rings is 3. The number of carbonyl (C=O) groups excluding carboxylic acids is 1. The second kappa shape index (κ2) is 10.7. The Hall–Kier alpha value is -0.420. The normalized spacial score (nSPS) is 29.1. The standard InChI is InChI=1S/C18H28N4O3S2.2ClH/c23-17(12-21-27(24,25)18-5-3-7-26-18)20-11-16-14-8-13(9-19-10-14)15-4-1-2-6-22(15)16;;/h3,5,7,13-16,19,21H,1-2,4,6,8-12H2,(H,20,23);2*1H/t13-,14+,15+,16+;;/m1../s1. The first-order chi connectivity index (χ1) is 13.0. The van der Waals surface area contributed by atoms with Crippen LogP contribution in [0.15, 0.2) is 21.7 Å². The fraction of sp³-hybridized carbons (Fsp3) is 0.722. The molecule has 4 rings (SSSR count). The van der Waals surface area contributed by atoms with E-state index >= 15 is 0 Å². The van der Waals surface area contributed by atoms with E-state index in [1.54, 1.807) is 11.4 Å². The Bertz CT molecular complexity index is 763. The van der Waals surface area contributed by atoms with Crippen LogP contribution in [-0.2, 0) is 14.8 Å². The maximum absolute atomic E-state index is 12.3. The van der Waals surface area contributed by atoms with Gasteiger partial charge >= 0.3 is 0 Å². The third-order valence-corrected chi connectivity index (χ3v) is 9.01. The number of rotatable bonds is 6. The van der Waals surface area contributed by atoms with Gasteiger partial charge in [0.1, 0.15) is 4.21 Å². The van der Waals surface area contributed by atoms with Crippen molar-refractivity contribution in [2.75, 3.05) is 32.7 Å². The van der Waals surface area contributed by atoms with Crippen molar-refractivity contribution >= 4 is 52.1 Å². The molecule has 3 aliphatic heterocycles. The third kappa shape index (κ3) is 5.64. The van der Waals surface area contributed by atoms with E-state index in [1.807, 2.05) is 0 Å². The van der Waals surface area contributed by atoms with Crippen molar-refractivity contribution in [1.29, 1.82) is 0 Å². The summed E-state index contributed by atoms with van der Waals surface area (Å²) in [6, 6.07) is 4.19. The van der Waals surface area contributed by atoms with Crippen LogP contribution in [0.2, 0.25) is 0 Å². The third-order valence-electron chi connectivity index (χ3n) is 6.22. The molecule has 0 aliphatic carbocycles. The number of nitrogens with one attached hydrogen (secondary N) is 3. The highest BCUT2D eigenvalue weighted by molar-refractivity contribution is 7.91. The molecule has 29 heavy (non-hydrogen) atoms. The fourth-order valence-electron chi connectivity index (χ4n) is 4.98. The smallest absolute Gasteiger partial charge is 0.250 e. The largest absolute Gasteiger partial charge is 0.353 e. The molecule has 11 heteroatoms. The molecule has 1 aromatic heterocycles. The lowest BCUT2D eigenvalue weighted by molar-refractivity contribution is -0.121. The molecule has 3 fully saturated rings. The van der Waals surface area contributed by atoms with Crippen molar-refractivity contribution < 1.29 is 13.2 Å². The number of nitrogens with zero attached hydrogens (tertiary/aromatic N) is 1. The van der Waals surface area contributed by atoms with Crippen LogP contribution < -0.4 is 15.4 Å². The molecular weight excluding hydrogens is 455 g/mol. The SMILES string of the molecule is Cl.Cl.O=C(CNS(=O)(=O)c1cccs1)NC[C@H]1[C@@H]2CNC[C@@H](C2)[C@@H]2CCCCN21. The molecule has 0 saturated carbocycles. The van der Waals surface area contributed by atoms with Crippen LogP contribution in [0, 0.1) is 11.8 Å². The zero-order valence-electron chi connectivity index (χ0n) is 16.2. The molecule has 0 aromatic carbocycles. The molecule has 3 aliphatic rings. The number of sulfonamides is 1. The Balaban J connectivity index is 0.00000150. The van der Waals surface area contributed by atoms with Gasteiger partial charge in [-0.05, 0) is 62.2 Å². The van der Waals surface area contributed by atoms with Crippen LogP contribution in [0.3, 0.4) is 0 Å². The second-order valence-corrected chi connectivity index (χ2v) is 10.8. The van der Waals surface area contributed by atoms with Crippen LogP contribution in [0.5, 0.6) is 0 Å². The first-order valence-corrected chi connectivity index (χ1v) is 12.2. The molecule has 7 nitrogen and oxygen atoms in total. The summed E-state index contributed by atoms with van der Waals surface area (Å²) >= 11 is 1.14. The van der Waals surface area contributed by atoms with Crippen LogP contribution in [0.4, 0.5) is 0 Å². The van der Waals surface area contributed by atoms with E-state index in [2.05, 4.69) is 20.3 Å². The van der Waals surface area contributed by atoms with Crippen molar-refractivity contribution in [3.8, 4) is 0 Å². The summed E-state index contributed by atoms with van der Waals surface area (Å²) in [6.45, 7) is 3.60. The van der Waals surface area contributed by atoms with Gasteiger partial charge in [0, 0.05) is 18.6 Å². The van der Waals surface area contributed by atoms with Crippen molar-refractivity contribution in [2.24, 2.45) is 11.8 Å². The molecule has 0 spiro atoms. The summed E-state index contributed by atoms with van der Waals surface area (Å²) in [5.74, 6) is 1.02. The molecule has 0 radical (unpaired) electrons. The summed E-state index contributed by atoms with van der Waals surface area (Å²) in [5, 5.41) is 8.25. The van der Waals surface area contributed by atoms with Gasteiger partial charge in [0.15, 0.2) is 0 Å². The Morgan fingerprint density at radius 1 is 1.24 bits per heavy atom. The van der Waals surface area contributed by atoms with E-state index in [1.165, 1.54) is 31.7 Å². The Kier molecular flexibility index (Phi) is 9.21. The van der Waals surface area contributed by atoms with Gasteiger partial charge < -0.3 is 10.6 Å². The monoisotopic (exact) mass is 484 g/mol. The predicted molar refractivity (Wildman–Crippen MR) is 120 cm³/mol. The number of amides is 1. The van der Waals surface area contributed by atoms with Crippen molar-refractivity contribution in [3.05, 3.63) is 17.5 Å². The van der Waals surface area contributed by atoms with Crippen molar-refractivity contribution in [2.45, 2.75) is 42.0 Å². The van der Waals surface area contributed by atoms with E-state index in [0.717, 1.165) is 36.9 Å². The lowest BCUT2D eigenvalue weighted by atomic mass is 9.73. The fourth-order valence-corrected chi connectivity index (χ4v) is 7.00. The minimum atomic E-state index is -3.60. The highest BCUT2D eigenvalue weighted by Gasteiger charge is 2.45. The second-order valence-electron chi connectivity index (χ2n) is 7.84. The number of hydrogen-bond donors (Lipinski definition) is 3. The molecule has 0 unspecified atom stereocenters. The molecule has 166 valence electrons. The summed E-state index contributed by atoms with van der Waals surface area (Å²) < 4.78 is 26.9. The summed E-state index contributed by atoms with van der Waals surface area (Å²) in [4.78, 5) is 14.9. The number of hydrogen-bond acceptors (Lipinski definition) is 6. The van der Waals surface area contributed by atoms with E-state index in [4.69, 9.17) is 0 Å². The van der Waals surface area contributed by atoms with Crippen LogP contribution >= 0.6 is 36.2 Å². The van der Waals surface area contributed by atoms with E-state index in [9.17, 15) is 13.2 Å². The van der Waals surface area contributed by atoms with Crippen LogP contribution in [-0.4, -0.2) is 64.0 Å². The van der Waals surface area contributed by atoms with Gasteiger partial charge in [0.05, 0.1) is 6.54 Å². The van der Waals surface area contributed by atoms with E-state index in [-0.39, 0.29) is 41.5 Å². The number of fused-ring (bicyclic) bond motifs is 4. The van der Waals surface area contributed by atoms with Gasteiger partial charge in [0.2, 0.25) is 5.91 Å².